The van der Waals surface area contributed by atoms with Gasteiger partial charge in [-0.1, -0.05) is 96.9 Å². The number of rotatable bonds is 9. The van der Waals surface area contributed by atoms with E-state index in [9.17, 15) is 20.4 Å². The lowest BCUT2D eigenvalue weighted by atomic mass is 9.79. The Kier molecular flexibility index (Phi) is 14.1. The van der Waals surface area contributed by atoms with E-state index in [0.717, 1.165) is 37.8 Å². The van der Waals surface area contributed by atoms with E-state index in [4.69, 9.17) is 4.74 Å². The zero-order valence-electron chi connectivity index (χ0n) is 29.5. The first-order chi connectivity index (χ1) is 19.5. The molecule has 3 unspecified atom stereocenters. The number of aliphatic hydroxyl groups excluding tert-OH is 3. The number of thioether (sulfide) groups is 2. The number of phenols is 1. The van der Waals surface area contributed by atoms with Crippen LogP contribution in [-0.2, 0) is 21.7 Å². The lowest BCUT2D eigenvalue weighted by molar-refractivity contribution is -0.0344. The molecule has 0 aliphatic heterocycles. The molecular weight excluding hydrogens is 577 g/mol. The normalized spacial score (nSPS) is 14.9. The van der Waals surface area contributed by atoms with E-state index >= 15 is 0 Å². The van der Waals surface area contributed by atoms with Crippen molar-refractivity contribution in [3.8, 4) is 11.5 Å². The molecule has 0 radical (unpaired) electrons. The maximum atomic E-state index is 11.1. The average Bonchev–Trinajstić information content (AvgIpc) is 2.86. The smallest absolute Gasteiger partial charge is 0.126 e. The van der Waals surface area contributed by atoms with Crippen molar-refractivity contribution < 1.29 is 25.2 Å². The van der Waals surface area contributed by atoms with Crippen molar-refractivity contribution in [2.75, 3.05) is 13.2 Å². The summed E-state index contributed by atoms with van der Waals surface area (Å²) in [5, 5.41) is 40.5. The third kappa shape index (κ3) is 11.2. The minimum absolute atomic E-state index is 0.111. The van der Waals surface area contributed by atoms with Crippen LogP contribution in [0.2, 0.25) is 0 Å². The minimum atomic E-state index is -1.25. The predicted octanol–water partition coefficient (Wildman–Crippen LogP) is 8.93. The van der Waals surface area contributed by atoms with Gasteiger partial charge < -0.3 is 25.2 Å². The van der Waals surface area contributed by atoms with Crippen LogP contribution in [0.1, 0.15) is 126 Å². The van der Waals surface area contributed by atoms with Crippen molar-refractivity contribution in [3.63, 3.8) is 0 Å². The molecule has 0 bridgehead atoms. The number of hydrogen-bond acceptors (Lipinski definition) is 7. The first-order valence-corrected chi connectivity index (χ1v) is 17.2. The zero-order chi connectivity index (χ0) is 33.7. The summed E-state index contributed by atoms with van der Waals surface area (Å²) >= 11 is 3.59. The van der Waals surface area contributed by atoms with Crippen molar-refractivity contribution in [1.82, 2.24) is 0 Å². The van der Waals surface area contributed by atoms with E-state index in [1.54, 1.807) is 23.5 Å². The Hall–Kier alpha value is -1.38. The van der Waals surface area contributed by atoms with Gasteiger partial charge in [-0.25, -0.2) is 0 Å². The first kappa shape index (κ1) is 39.6. The Balaban J connectivity index is 0.00000452. The fourth-order valence-corrected chi connectivity index (χ4v) is 6.94. The van der Waals surface area contributed by atoms with Gasteiger partial charge in [-0.05, 0) is 52.8 Å². The van der Waals surface area contributed by atoms with E-state index in [1.165, 1.54) is 0 Å². The van der Waals surface area contributed by atoms with Gasteiger partial charge in [0.2, 0.25) is 0 Å². The fourth-order valence-electron chi connectivity index (χ4n) is 4.57. The van der Waals surface area contributed by atoms with Gasteiger partial charge in [0.25, 0.3) is 0 Å². The van der Waals surface area contributed by atoms with Crippen LogP contribution in [0.5, 0.6) is 11.5 Å². The fraction of sp³-hybridized carbons (Fsp3) is 0.667. The van der Waals surface area contributed by atoms with Gasteiger partial charge in [-0.3, -0.25) is 0 Å². The van der Waals surface area contributed by atoms with Crippen LogP contribution in [-0.4, -0.2) is 50.4 Å². The van der Waals surface area contributed by atoms with Crippen LogP contribution in [0.15, 0.2) is 34.1 Å². The Morgan fingerprint density at radius 1 is 0.628 bits per heavy atom. The molecule has 5 nitrogen and oxygen atoms in total. The summed E-state index contributed by atoms with van der Waals surface area (Å²) in [6.45, 7) is 31.3. The molecule has 0 amide bonds. The van der Waals surface area contributed by atoms with Crippen LogP contribution in [0.25, 0.3) is 0 Å². The molecule has 3 atom stereocenters. The molecule has 0 aliphatic carbocycles. The van der Waals surface area contributed by atoms with Gasteiger partial charge in [0.05, 0.1) is 11.2 Å². The average molecular weight is 637 g/mol. The minimum Gasteiger partial charge on any atom is -0.507 e. The highest BCUT2D eigenvalue weighted by Crippen LogP contribution is 2.47. The lowest BCUT2D eigenvalue weighted by Crippen LogP contribution is -2.35. The largest absolute Gasteiger partial charge is 0.507 e. The second-order valence-corrected chi connectivity index (χ2v) is 18.3. The lowest BCUT2D eigenvalue weighted by Gasteiger charge is -2.31. The highest BCUT2D eigenvalue weighted by atomic mass is 32.2. The van der Waals surface area contributed by atoms with Crippen molar-refractivity contribution in [3.05, 3.63) is 46.5 Å². The summed E-state index contributed by atoms with van der Waals surface area (Å²) in [7, 11) is 0. The van der Waals surface area contributed by atoms with Crippen LogP contribution in [0.3, 0.4) is 0 Å². The van der Waals surface area contributed by atoms with E-state index in [1.807, 2.05) is 13.8 Å². The summed E-state index contributed by atoms with van der Waals surface area (Å²) in [5.41, 5.74) is 3.16. The topological polar surface area (TPSA) is 90.2 Å². The molecule has 0 saturated heterocycles. The predicted molar refractivity (Wildman–Crippen MR) is 186 cm³/mol. The highest BCUT2D eigenvalue weighted by molar-refractivity contribution is 8.17. The summed E-state index contributed by atoms with van der Waals surface area (Å²) in [5.74, 6) is 1.12. The van der Waals surface area contributed by atoms with Crippen molar-refractivity contribution in [2.45, 2.75) is 152 Å². The van der Waals surface area contributed by atoms with E-state index < -0.39 is 18.8 Å². The van der Waals surface area contributed by atoms with Crippen LogP contribution in [0, 0.1) is 0 Å². The molecule has 43 heavy (non-hydrogen) atoms. The standard InChI is InChI=1S/C34H54O5S2.C2H6/c1-20(40-21-14-23(31(2,3)4)29(38)24(15-21)32(5,6)7)41-22-16-25(33(8,9)10)30(26(17-22)34(11,12)13)39-19-28(37)27(36)18-35;1-2/h14-17,20,27-28,35-38H,18-19H2,1-13H3;1-2H3. The summed E-state index contributed by atoms with van der Waals surface area (Å²) in [4.78, 5) is 2.27. The number of aliphatic hydroxyl groups is 3. The number of benzene rings is 2. The highest BCUT2D eigenvalue weighted by Gasteiger charge is 2.30. The van der Waals surface area contributed by atoms with Crippen LogP contribution < -0.4 is 4.74 Å². The van der Waals surface area contributed by atoms with E-state index in [0.29, 0.717) is 5.75 Å². The number of aromatic hydroxyl groups is 1. The van der Waals surface area contributed by atoms with E-state index in [-0.39, 0.29) is 32.8 Å². The van der Waals surface area contributed by atoms with Crippen molar-refractivity contribution in [1.29, 1.82) is 0 Å². The van der Waals surface area contributed by atoms with Crippen LogP contribution in [0.4, 0.5) is 0 Å². The molecule has 246 valence electrons. The van der Waals surface area contributed by atoms with Gasteiger partial charge in [0, 0.05) is 32.0 Å². The molecule has 2 aromatic carbocycles. The van der Waals surface area contributed by atoms with Gasteiger partial charge in [0.15, 0.2) is 0 Å². The summed E-state index contributed by atoms with van der Waals surface area (Å²) in [6.07, 6.45) is -2.44. The molecule has 7 heteroatoms. The number of phenolic OH excluding ortho intramolecular Hbond substituents is 1. The molecule has 0 spiro atoms. The Labute approximate surface area is 271 Å². The molecule has 0 saturated carbocycles. The maximum absolute atomic E-state index is 11.1. The molecular formula is C36H60O5S2. The van der Waals surface area contributed by atoms with Gasteiger partial charge in [0.1, 0.15) is 30.3 Å². The second-order valence-electron chi connectivity index (χ2n) is 15.1. The Morgan fingerprint density at radius 3 is 1.26 bits per heavy atom. The molecule has 4 N–H and O–H groups in total. The molecule has 0 heterocycles. The molecule has 0 fully saturated rings. The van der Waals surface area contributed by atoms with Gasteiger partial charge >= 0.3 is 0 Å². The second kappa shape index (κ2) is 15.3. The number of ether oxygens (including phenoxy) is 1. The van der Waals surface area contributed by atoms with Crippen molar-refractivity contribution in [2.24, 2.45) is 0 Å². The zero-order valence-corrected chi connectivity index (χ0v) is 31.1. The maximum Gasteiger partial charge on any atom is 0.126 e. The summed E-state index contributed by atoms with van der Waals surface area (Å²) in [6, 6.07) is 8.63. The van der Waals surface area contributed by atoms with Gasteiger partial charge in [-0.15, -0.1) is 23.5 Å². The molecule has 2 aromatic rings. The third-order valence-electron chi connectivity index (χ3n) is 7.01. The monoisotopic (exact) mass is 636 g/mol. The van der Waals surface area contributed by atoms with Gasteiger partial charge in [-0.2, -0.15) is 0 Å². The summed E-state index contributed by atoms with van der Waals surface area (Å²) < 4.78 is 6.39. The number of hydrogen-bond donors (Lipinski definition) is 4. The van der Waals surface area contributed by atoms with Crippen LogP contribution >= 0.6 is 23.5 Å². The van der Waals surface area contributed by atoms with E-state index in [2.05, 4.69) is 114 Å². The molecule has 0 aliphatic rings. The molecule has 2 rings (SSSR count). The SMILES string of the molecule is CC.CC(Sc1cc(C(C)(C)C)c(O)c(C(C)(C)C)c1)Sc1cc(C(C)(C)C)c(OCC(O)C(O)CO)c(C(C)(C)C)c1. The van der Waals surface area contributed by atoms with Crippen molar-refractivity contribution >= 4 is 23.5 Å². The Morgan fingerprint density at radius 2 is 0.953 bits per heavy atom. The molecule has 0 aromatic heterocycles. The Bertz CT molecular complexity index is 1110. The third-order valence-corrected chi connectivity index (χ3v) is 9.27. The quantitative estimate of drug-likeness (QED) is 0.161. The first-order valence-electron chi connectivity index (χ1n) is 15.5.